The molecule has 82 valence electrons. The van der Waals surface area contributed by atoms with Crippen LogP contribution in [0.5, 0.6) is 0 Å². The van der Waals surface area contributed by atoms with Crippen LogP contribution >= 0.6 is 19.4 Å². The Morgan fingerprint density at radius 3 is 1.38 bits per heavy atom. The Bertz CT molecular complexity index is 551. The van der Waals surface area contributed by atoms with E-state index in [2.05, 4.69) is 36.4 Å². The molecular weight excluding hydrogens is 328 g/mol. The summed E-state index contributed by atoms with van der Waals surface area (Å²) in [6, 6.07) is 16.7. The summed E-state index contributed by atoms with van der Waals surface area (Å²) in [5, 5.41) is 0. The summed E-state index contributed by atoms with van der Waals surface area (Å²) in [5.74, 6) is 0. The fourth-order valence-electron chi connectivity index (χ4n) is 2.10. The van der Waals surface area contributed by atoms with Crippen molar-refractivity contribution in [2.24, 2.45) is 0 Å². The topological polar surface area (TPSA) is 0 Å². The van der Waals surface area contributed by atoms with Crippen molar-refractivity contribution in [3.8, 4) is 11.1 Å². The van der Waals surface area contributed by atoms with Crippen LogP contribution in [0, 0.1) is 0 Å². The van der Waals surface area contributed by atoms with E-state index >= 15 is 0 Å². The van der Waals surface area contributed by atoms with Crippen molar-refractivity contribution in [1.29, 1.82) is 0 Å². The predicted octanol–water partition coefficient (Wildman–Crippen LogP) is 4.16. The average molecular weight is 336 g/mol. The fraction of sp³-hybridized carbons (Fsp3) is 0. The van der Waals surface area contributed by atoms with E-state index in [9.17, 15) is 0 Å². The average Bonchev–Trinajstić information content (AvgIpc) is 2.63. The molecule has 0 saturated carbocycles. The molecule has 1 aliphatic carbocycles. The zero-order valence-corrected chi connectivity index (χ0v) is 11.5. The Kier molecular flexibility index (Phi) is 2.71. The van der Waals surface area contributed by atoms with Crippen LogP contribution in [0.4, 0.5) is 0 Å². The zero-order valence-electron chi connectivity index (χ0n) is 8.23. The van der Waals surface area contributed by atoms with Crippen LogP contribution in [0.25, 0.3) is 11.1 Å². The first-order valence-electron chi connectivity index (χ1n) is 4.85. The van der Waals surface area contributed by atoms with Gasteiger partial charge in [0.25, 0.3) is 0 Å². The van der Waals surface area contributed by atoms with Gasteiger partial charge in [-0.3, -0.25) is 0 Å². The molecule has 0 spiro atoms. The van der Waals surface area contributed by atoms with Gasteiger partial charge in [-0.2, -0.15) is 0 Å². The van der Waals surface area contributed by atoms with Gasteiger partial charge in [-0.05, 0) is 0 Å². The molecule has 0 aliphatic heterocycles. The van der Waals surface area contributed by atoms with E-state index in [0.717, 1.165) is 0 Å². The number of hydrogen-bond donors (Lipinski definition) is 0. The van der Waals surface area contributed by atoms with Crippen LogP contribution < -0.4 is 0 Å². The second-order valence-electron chi connectivity index (χ2n) is 3.58. The molecule has 2 aromatic rings. The molecule has 0 saturated heterocycles. The van der Waals surface area contributed by atoms with Crippen molar-refractivity contribution in [3.05, 3.63) is 59.7 Å². The van der Waals surface area contributed by atoms with Crippen molar-refractivity contribution in [1.82, 2.24) is 0 Å². The molecule has 0 N–H and O–H groups in total. The molecule has 3 rings (SSSR count). The van der Waals surface area contributed by atoms with Crippen LogP contribution in [0.15, 0.2) is 48.5 Å². The minimum atomic E-state index is -1.88. The summed E-state index contributed by atoms with van der Waals surface area (Å²) in [6.45, 7) is 0. The molecule has 2 aromatic carbocycles. The van der Waals surface area contributed by atoms with Gasteiger partial charge in [-0.15, -0.1) is 0 Å². The number of hydrogen-bond acceptors (Lipinski definition) is 0. The Morgan fingerprint density at radius 2 is 1.00 bits per heavy atom. The van der Waals surface area contributed by atoms with Gasteiger partial charge >= 0.3 is 108 Å². The molecule has 0 bridgehead atoms. The Labute approximate surface area is 107 Å². The summed E-state index contributed by atoms with van der Waals surface area (Å²) in [7, 11) is 12.4. The van der Waals surface area contributed by atoms with E-state index in [1.165, 1.54) is 26.4 Å². The molecule has 0 amide bonds. The second-order valence-corrected chi connectivity index (χ2v) is 9.32. The first kappa shape index (κ1) is 10.7. The molecule has 0 heterocycles. The maximum atomic E-state index is 6.21. The van der Waals surface area contributed by atoms with Crippen molar-refractivity contribution < 1.29 is 13.5 Å². The van der Waals surface area contributed by atoms with Gasteiger partial charge in [0.05, 0.1) is 0 Å². The molecule has 3 heteroatoms. The van der Waals surface area contributed by atoms with E-state index in [1.54, 1.807) is 0 Å². The molecule has 16 heavy (non-hydrogen) atoms. The van der Waals surface area contributed by atoms with E-state index in [1.807, 2.05) is 12.1 Å². The van der Waals surface area contributed by atoms with E-state index < -0.39 is 13.5 Å². The molecule has 0 nitrogen and oxygen atoms in total. The third kappa shape index (κ3) is 1.50. The number of benzene rings is 2. The van der Waals surface area contributed by atoms with Crippen molar-refractivity contribution >= 4 is 23.5 Å². The third-order valence-corrected chi connectivity index (χ3v) is 5.91. The molecule has 1 aliphatic rings. The SMILES string of the molecule is [Cl][Ru]([Cl])=[C]1c2ccccc2-c2ccccc21. The van der Waals surface area contributed by atoms with Gasteiger partial charge in [0, 0.05) is 0 Å². The van der Waals surface area contributed by atoms with Crippen LogP contribution in [0.2, 0.25) is 0 Å². The zero-order chi connectivity index (χ0) is 11.1. The summed E-state index contributed by atoms with van der Waals surface area (Å²) in [5.41, 5.74) is 4.95. The summed E-state index contributed by atoms with van der Waals surface area (Å²) in [4.78, 5) is 0. The number of halogens is 2. The molecule has 0 fully saturated rings. The summed E-state index contributed by atoms with van der Waals surface area (Å²) in [6.07, 6.45) is 0. The molecule has 0 atom stereocenters. The fourth-order valence-corrected chi connectivity index (χ4v) is 5.27. The first-order valence-corrected chi connectivity index (χ1v) is 10.2. The van der Waals surface area contributed by atoms with Crippen molar-refractivity contribution in [2.45, 2.75) is 0 Å². The normalized spacial score (nSPS) is 13.4. The third-order valence-electron chi connectivity index (χ3n) is 2.74. The number of rotatable bonds is 0. The molecule has 0 radical (unpaired) electrons. The van der Waals surface area contributed by atoms with Gasteiger partial charge in [0.1, 0.15) is 0 Å². The second kappa shape index (κ2) is 4.07. The van der Waals surface area contributed by atoms with Crippen LogP contribution in [-0.4, -0.2) is 4.11 Å². The molecular formula is C13H8Cl2Ru. The van der Waals surface area contributed by atoms with Gasteiger partial charge in [0.2, 0.25) is 0 Å². The summed E-state index contributed by atoms with van der Waals surface area (Å²) < 4.78 is 1.17. The molecule has 0 unspecified atom stereocenters. The monoisotopic (exact) mass is 336 g/mol. The quantitative estimate of drug-likeness (QED) is 0.541. The Balaban J connectivity index is 2.44. The van der Waals surface area contributed by atoms with E-state index in [4.69, 9.17) is 19.4 Å². The Morgan fingerprint density at radius 1 is 0.625 bits per heavy atom. The van der Waals surface area contributed by atoms with Gasteiger partial charge in [-0.25, -0.2) is 0 Å². The minimum absolute atomic E-state index is 1.17. The maximum absolute atomic E-state index is 6.21. The van der Waals surface area contributed by atoms with Crippen molar-refractivity contribution in [3.63, 3.8) is 0 Å². The standard InChI is InChI=1S/C13H8.2ClH.Ru/c1-3-7-12-10(5-1)9-11-6-2-4-8-13(11)12;;;/h1-8H;2*1H;/q;;;+2/p-2. The molecule has 0 aromatic heterocycles. The first-order chi connectivity index (χ1) is 7.79. The Hall–Kier alpha value is -0.487. The van der Waals surface area contributed by atoms with Crippen LogP contribution in [0.1, 0.15) is 11.1 Å². The van der Waals surface area contributed by atoms with Gasteiger partial charge in [0.15, 0.2) is 0 Å². The van der Waals surface area contributed by atoms with Gasteiger partial charge < -0.3 is 0 Å². The van der Waals surface area contributed by atoms with Crippen molar-refractivity contribution in [2.75, 3.05) is 0 Å². The number of fused-ring (bicyclic) bond motifs is 3. The van der Waals surface area contributed by atoms with Gasteiger partial charge in [-0.1, -0.05) is 0 Å². The summed E-state index contributed by atoms with van der Waals surface area (Å²) >= 11 is -1.88. The van der Waals surface area contributed by atoms with E-state index in [0.29, 0.717) is 0 Å². The predicted molar refractivity (Wildman–Crippen MR) is 66.8 cm³/mol. The van der Waals surface area contributed by atoms with E-state index in [-0.39, 0.29) is 0 Å². The van der Waals surface area contributed by atoms with Crippen LogP contribution in [-0.2, 0) is 13.5 Å². The van der Waals surface area contributed by atoms with Crippen LogP contribution in [0.3, 0.4) is 0 Å².